The van der Waals surface area contributed by atoms with Gasteiger partial charge in [-0.05, 0) is 19.1 Å². The first-order valence-corrected chi connectivity index (χ1v) is 5.29. The lowest BCUT2D eigenvalue weighted by Crippen LogP contribution is -2.25. The number of nitrogens with two attached hydrogens (primary N) is 1. The van der Waals surface area contributed by atoms with Crippen LogP contribution >= 0.6 is 0 Å². The number of amides is 1. The van der Waals surface area contributed by atoms with Gasteiger partial charge in [0, 0.05) is 30.1 Å². The summed E-state index contributed by atoms with van der Waals surface area (Å²) in [6.45, 7) is 2.29. The van der Waals surface area contributed by atoms with Crippen LogP contribution in [0.15, 0.2) is 18.2 Å². The molecule has 0 fully saturated rings. The summed E-state index contributed by atoms with van der Waals surface area (Å²) in [5, 5.41) is 3.09. The van der Waals surface area contributed by atoms with Crippen molar-refractivity contribution in [3.8, 4) is 12.3 Å². The molecule has 0 aliphatic rings. The normalized spacial score (nSPS) is 11.8. The van der Waals surface area contributed by atoms with Gasteiger partial charge in [-0.2, -0.15) is 0 Å². The zero-order valence-electron chi connectivity index (χ0n) is 9.66. The van der Waals surface area contributed by atoms with Crippen molar-refractivity contribution in [1.82, 2.24) is 5.32 Å². The van der Waals surface area contributed by atoms with Crippen molar-refractivity contribution >= 4 is 5.91 Å². The number of rotatable bonds is 5. The molecule has 0 heterocycles. The van der Waals surface area contributed by atoms with E-state index in [0.717, 1.165) is 6.07 Å². The number of nitrogens with one attached hydrogen (secondary N) is 1. The van der Waals surface area contributed by atoms with Gasteiger partial charge in [0.05, 0.1) is 0 Å². The fraction of sp³-hybridized carbons (Fsp3) is 0.308. The second-order valence-corrected chi connectivity index (χ2v) is 3.86. The molecular formula is C13H15FN2O. The van der Waals surface area contributed by atoms with E-state index in [2.05, 4.69) is 11.2 Å². The van der Waals surface area contributed by atoms with Crippen LogP contribution in [0.25, 0.3) is 0 Å². The Bertz CT molecular complexity index is 451. The fourth-order valence-electron chi connectivity index (χ4n) is 1.38. The molecule has 1 unspecified atom stereocenters. The third-order valence-corrected chi connectivity index (χ3v) is 2.40. The zero-order chi connectivity index (χ0) is 12.8. The van der Waals surface area contributed by atoms with Crippen LogP contribution in [0.1, 0.15) is 29.3 Å². The lowest BCUT2D eigenvalue weighted by molar-refractivity contribution is 0.1000. The average Bonchev–Trinajstić information content (AvgIpc) is 2.27. The van der Waals surface area contributed by atoms with E-state index in [0.29, 0.717) is 18.5 Å². The molecule has 1 atom stereocenters. The predicted octanol–water partition coefficient (Wildman–Crippen LogP) is 1.43. The highest BCUT2D eigenvalue weighted by atomic mass is 19.1. The van der Waals surface area contributed by atoms with E-state index in [9.17, 15) is 9.18 Å². The minimum Gasteiger partial charge on any atom is -0.366 e. The standard InChI is InChI=1S/C13H15FN2O/c1-3-4-9(2)16-8-11-6-5-10(13(15)17)7-12(11)14/h1,5-7,9,16H,4,8H2,2H3,(H2,15,17). The first kappa shape index (κ1) is 13.2. The van der Waals surface area contributed by atoms with Crippen molar-refractivity contribution in [2.75, 3.05) is 0 Å². The first-order chi connectivity index (χ1) is 8.04. The number of primary amides is 1. The predicted molar refractivity (Wildman–Crippen MR) is 64.7 cm³/mol. The summed E-state index contributed by atoms with van der Waals surface area (Å²) in [5.41, 5.74) is 5.71. The molecule has 90 valence electrons. The summed E-state index contributed by atoms with van der Waals surface area (Å²) >= 11 is 0. The van der Waals surface area contributed by atoms with Gasteiger partial charge in [-0.3, -0.25) is 4.79 Å². The summed E-state index contributed by atoms with van der Waals surface area (Å²) in [7, 11) is 0. The van der Waals surface area contributed by atoms with Crippen LogP contribution in [0.4, 0.5) is 4.39 Å². The molecule has 0 bridgehead atoms. The summed E-state index contributed by atoms with van der Waals surface area (Å²) in [5.74, 6) is 1.45. The van der Waals surface area contributed by atoms with Crippen LogP contribution in [-0.4, -0.2) is 11.9 Å². The Morgan fingerprint density at radius 3 is 2.88 bits per heavy atom. The number of benzene rings is 1. The van der Waals surface area contributed by atoms with Crippen LogP contribution < -0.4 is 11.1 Å². The van der Waals surface area contributed by atoms with Crippen LogP contribution in [0.3, 0.4) is 0 Å². The van der Waals surface area contributed by atoms with Gasteiger partial charge in [0.15, 0.2) is 0 Å². The molecule has 0 spiro atoms. The van der Waals surface area contributed by atoms with Gasteiger partial charge in [0.2, 0.25) is 5.91 Å². The van der Waals surface area contributed by atoms with E-state index in [4.69, 9.17) is 12.2 Å². The van der Waals surface area contributed by atoms with E-state index in [1.807, 2.05) is 6.92 Å². The molecule has 4 heteroatoms. The highest BCUT2D eigenvalue weighted by Gasteiger charge is 2.07. The molecule has 0 aliphatic heterocycles. The van der Waals surface area contributed by atoms with E-state index >= 15 is 0 Å². The molecule has 1 amide bonds. The van der Waals surface area contributed by atoms with Gasteiger partial charge in [0.1, 0.15) is 5.82 Å². The van der Waals surface area contributed by atoms with E-state index in [-0.39, 0.29) is 11.6 Å². The maximum Gasteiger partial charge on any atom is 0.248 e. The minimum atomic E-state index is -0.635. The van der Waals surface area contributed by atoms with Crippen LogP contribution in [-0.2, 0) is 6.54 Å². The van der Waals surface area contributed by atoms with Crippen molar-refractivity contribution in [3.05, 3.63) is 35.1 Å². The Morgan fingerprint density at radius 2 is 2.35 bits per heavy atom. The van der Waals surface area contributed by atoms with Gasteiger partial charge in [-0.25, -0.2) is 4.39 Å². The average molecular weight is 234 g/mol. The van der Waals surface area contributed by atoms with Crippen molar-refractivity contribution in [2.24, 2.45) is 5.73 Å². The van der Waals surface area contributed by atoms with Crippen molar-refractivity contribution in [3.63, 3.8) is 0 Å². The maximum absolute atomic E-state index is 13.6. The first-order valence-electron chi connectivity index (χ1n) is 5.29. The van der Waals surface area contributed by atoms with Crippen LogP contribution in [0, 0.1) is 18.2 Å². The Labute approximate surface area is 100 Å². The molecule has 1 aromatic rings. The molecule has 17 heavy (non-hydrogen) atoms. The molecule has 0 saturated carbocycles. The summed E-state index contributed by atoms with van der Waals surface area (Å²) < 4.78 is 13.6. The summed E-state index contributed by atoms with van der Waals surface area (Å²) in [6, 6.07) is 4.32. The maximum atomic E-state index is 13.6. The largest absolute Gasteiger partial charge is 0.366 e. The number of halogens is 1. The van der Waals surface area contributed by atoms with Gasteiger partial charge >= 0.3 is 0 Å². The molecule has 0 radical (unpaired) electrons. The van der Waals surface area contributed by atoms with E-state index in [1.54, 1.807) is 6.07 Å². The van der Waals surface area contributed by atoms with Crippen molar-refractivity contribution in [2.45, 2.75) is 25.9 Å². The minimum absolute atomic E-state index is 0.121. The van der Waals surface area contributed by atoms with Gasteiger partial charge < -0.3 is 11.1 Å². The zero-order valence-corrected chi connectivity index (χ0v) is 9.66. The molecule has 3 nitrogen and oxygen atoms in total. The highest BCUT2D eigenvalue weighted by molar-refractivity contribution is 5.92. The lowest BCUT2D eigenvalue weighted by Gasteiger charge is -2.11. The fourth-order valence-corrected chi connectivity index (χ4v) is 1.38. The molecule has 0 aliphatic carbocycles. The quantitative estimate of drug-likeness (QED) is 0.757. The molecule has 1 rings (SSSR count). The topological polar surface area (TPSA) is 55.1 Å². The highest BCUT2D eigenvalue weighted by Crippen LogP contribution is 2.10. The van der Waals surface area contributed by atoms with Gasteiger partial charge in [0.25, 0.3) is 0 Å². The third-order valence-electron chi connectivity index (χ3n) is 2.40. The SMILES string of the molecule is C#CCC(C)NCc1ccc(C(N)=O)cc1F. The number of hydrogen-bond donors (Lipinski definition) is 2. The second-order valence-electron chi connectivity index (χ2n) is 3.86. The van der Waals surface area contributed by atoms with E-state index < -0.39 is 11.7 Å². The Kier molecular flexibility index (Phi) is 4.68. The monoisotopic (exact) mass is 234 g/mol. The van der Waals surface area contributed by atoms with Crippen LogP contribution in [0.2, 0.25) is 0 Å². The number of carbonyl (C=O) groups is 1. The third kappa shape index (κ3) is 3.89. The van der Waals surface area contributed by atoms with Crippen molar-refractivity contribution < 1.29 is 9.18 Å². The smallest absolute Gasteiger partial charge is 0.248 e. The van der Waals surface area contributed by atoms with Gasteiger partial charge in [-0.1, -0.05) is 6.07 Å². The number of hydrogen-bond acceptors (Lipinski definition) is 2. The van der Waals surface area contributed by atoms with Crippen LogP contribution in [0.5, 0.6) is 0 Å². The Balaban J connectivity index is 2.67. The number of carbonyl (C=O) groups excluding carboxylic acids is 1. The summed E-state index contributed by atoms with van der Waals surface area (Å²) in [4.78, 5) is 10.8. The number of terminal acetylenes is 1. The molecular weight excluding hydrogens is 219 g/mol. The molecule has 0 aromatic heterocycles. The lowest BCUT2D eigenvalue weighted by atomic mass is 10.1. The second kappa shape index (κ2) is 6.02. The Hall–Kier alpha value is -1.86. The van der Waals surface area contributed by atoms with Gasteiger partial charge in [-0.15, -0.1) is 12.3 Å². The Morgan fingerprint density at radius 1 is 1.65 bits per heavy atom. The molecule has 1 aromatic carbocycles. The van der Waals surface area contributed by atoms with E-state index in [1.165, 1.54) is 6.07 Å². The summed E-state index contributed by atoms with van der Waals surface area (Å²) in [6.07, 6.45) is 5.75. The molecule has 3 N–H and O–H groups in total. The van der Waals surface area contributed by atoms with Crippen molar-refractivity contribution in [1.29, 1.82) is 0 Å². The molecule has 0 saturated heterocycles.